The highest BCUT2D eigenvalue weighted by atomic mass is 16.5. The predicted molar refractivity (Wildman–Crippen MR) is 104 cm³/mol. The van der Waals surface area contributed by atoms with Crippen molar-refractivity contribution in [2.24, 2.45) is 0 Å². The van der Waals surface area contributed by atoms with E-state index in [1.807, 2.05) is 23.6 Å². The van der Waals surface area contributed by atoms with Crippen LogP contribution in [0, 0.1) is 0 Å². The van der Waals surface area contributed by atoms with E-state index in [0.29, 0.717) is 37.0 Å². The lowest BCUT2D eigenvalue weighted by Gasteiger charge is -2.31. The molecule has 0 fully saturated rings. The second-order valence-electron chi connectivity index (χ2n) is 6.45. The Hall–Kier alpha value is -2.80. The topological polar surface area (TPSA) is 76.0 Å². The van der Waals surface area contributed by atoms with Crippen LogP contribution in [-0.4, -0.2) is 38.0 Å². The maximum absolute atomic E-state index is 12.3. The molecular weight excluding hydrogens is 362 g/mol. The molecule has 0 aliphatic carbocycles. The lowest BCUT2D eigenvalue weighted by Crippen LogP contribution is -2.23. The number of methoxy groups -OCH3 is 1. The zero-order valence-electron chi connectivity index (χ0n) is 16.4. The molecule has 0 radical (unpaired) electrons. The molecule has 7 nitrogen and oxygen atoms in total. The number of nitrogens with zero attached hydrogens (tertiary/aromatic N) is 1. The third kappa shape index (κ3) is 3.75. The highest BCUT2D eigenvalue weighted by molar-refractivity contribution is 5.76. The average Bonchev–Trinajstić information content (AvgIpc) is 2.71. The van der Waals surface area contributed by atoms with Crippen molar-refractivity contribution < 1.29 is 23.7 Å². The van der Waals surface area contributed by atoms with Crippen molar-refractivity contribution in [3.63, 3.8) is 0 Å². The highest BCUT2D eigenvalue weighted by Crippen LogP contribution is 2.44. The Balaban J connectivity index is 2.11. The number of carbonyl (C=O) groups excluding carboxylic acids is 1. The molecule has 0 saturated carbocycles. The fourth-order valence-corrected chi connectivity index (χ4v) is 3.57. The molecule has 0 saturated heterocycles. The largest absolute Gasteiger partial charge is 0.493 e. The smallest absolute Gasteiger partial charge is 0.298 e. The summed E-state index contributed by atoms with van der Waals surface area (Å²) in [5, 5.41) is 0. The Morgan fingerprint density at radius 2 is 2.04 bits per heavy atom. The van der Waals surface area contributed by atoms with E-state index in [2.05, 4.69) is 6.92 Å². The van der Waals surface area contributed by atoms with Crippen molar-refractivity contribution in [1.29, 1.82) is 0 Å². The van der Waals surface area contributed by atoms with Gasteiger partial charge < -0.3 is 23.5 Å². The Morgan fingerprint density at radius 1 is 1.21 bits per heavy atom. The molecule has 2 aromatic rings. The molecule has 0 N–H and O–H groups in total. The summed E-state index contributed by atoms with van der Waals surface area (Å²) in [7, 11) is 1.57. The van der Waals surface area contributed by atoms with Crippen LogP contribution in [-0.2, 0) is 16.0 Å². The lowest BCUT2D eigenvalue weighted by atomic mass is 9.90. The van der Waals surface area contributed by atoms with Gasteiger partial charge >= 0.3 is 0 Å². The minimum atomic E-state index is -0.336. The SMILES string of the molecule is CCOCCOc1cc2c(cc1OC)-c1c(OC=O)c(=O)ccn1C(CC)C2. The molecule has 1 unspecified atom stereocenters. The first-order valence-corrected chi connectivity index (χ1v) is 9.41. The summed E-state index contributed by atoms with van der Waals surface area (Å²) >= 11 is 0. The summed E-state index contributed by atoms with van der Waals surface area (Å²) in [6.07, 6.45) is 3.39. The summed E-state index contributed by atoms with van der Waals surface area (Å²) in [5.74, 6) is 1.20. The van der Waals surface area contributed by atoms with Gasteiger partial charge in [0.2, 0.25) is 11.2 Å². The second kappa shape index (κ2) is 8.93. The Kier molecular flexibility index (Phi) is 6.36. The molecule has 3 rings (SSSR count). The van der Waals surface area contributed by atoms with Crippen LogP contribution in [0.15, 0.2) is 29.2 Å². The average molecular weight is 387 g/mol. The van der Waals surface area contributed by atoms with Gasteiger partial charge in [-0.1, -0.05) is 6.92 Å². The lowest BCUT2D eigenvalue weighted by molar-refractivity contribution is -0.120. The molecule has 1 atom stereocenters. The van der Waals surface area contributed by atoms with Gasteiger partial charge in [-0.15, -0.1) is 0 Å². The van der Waals surface area contributed by atoms with Crippen LogP contribution < -0.4 is 19.6 Å². The van der Waals surface area contributed by atoms with Crippen LogP contribution >= 0.6 is 0 Å². The molecule has 1 aliphatic rings. The van der Waals surface area contributed by atoms with E-state index < -0.39 is 0 Å². The van der Waals surface area contributed by atoms with Crippen molar-refractivity contribution in [2.75, 3.05) is 26.9 Å². The van der Waals surface area contributed by atoms with Gasteiger partial charge in [0.05, 0.1) is 19.4 Å². The van der Waals surface area contributed by atoms with Crippen molar-refractivity contribution in [2.45, 2.75) is 32.7 Å². The predicted octanol–water partition coefficient (Wildman–Crippen LogP) is 2.98. The van der Waals surface area contributed by atoms with E-state index in [1.165, 1.54) is 6.07 Å². The van der Waals surface area contributed by atoms with Crippen molar-refractivity contribution in [3.05, 3.63) is 40.2 Å². The number of hydrogen-bond acceptors (Lipinski definition) is 6. The zero-order chi connectivity index (χ0) is 20.1. The number of hydrogen-bond donors (Lipinski definition) is 0. The van der Waals surface area contributed by atoms with Crippen LogP contribution in [0.25, 0.3) is 11.3 Å². The number of carbonyl (C=O) groups is 1. The molecule has 1 aromatic carbocycles. The van der Waals surface area contributed by atoms with Crippen molar-refractivity contribution in [3.8, 4) is 28.5 Å². The summed E-state index contributed by atoms with van der Waals surface area (Å²) in [6, 6.07) is 5.34. The molecular formula is C21H25NO6. The Labute approximate surface area is 163 Å². The van der Waals surface area contributed by atoms with E-state index in [0.717, 1.165) is 24.0 Å². The number of rotatable bonds is 9. The number of aromatic nitrogens is 1. The maximum atomic E-state index is 12.3. The van der Waals surface area contributed by atoms with Crippen molar-refractivity contribution >= 4 is 6.47 Å². The first-order valence-electron chi connectivity index (χ1n) is 9.41. The number of pyridine rings is 1. The molecule has 28 heavy (non-hydrogen) atoms. The van der Waals surface area contributed by atoms with Gasteiger partial charge in [-0.3, -0.25) is 9.59 Å². The minimum absolute atomic E-state index is 0.0315. The standard InChI is InChI=1S/C21H25NO6/c1-4-15-10-14-11-19(27-9-8-26-5-2)18(25-3)12-16(14)20-21(28-13-23)17(24)6-7-22(15)20/h6-7,11-13,15H,4-5,8-10H2,1-3H3. The van der Waals surface area contributed by atoms with Gasteiger partial charge in [-0.2, -0.15) is 0 Å². The van der Waals surface area contributed by atoms with Gasteiger partial charge in [0.15, 0.2) is 11.5 Å². The van der Waals surface area contributed by atoms with Crippen molar-refractivity contribution in [1.82, 2.24) is 4.57 Å². The first kappa shape index (κ1) is 19.9. The Bertz CT molecular complexity index is 904. The summed E-state index contributed by atoms with van der Waals surface area (Å²) in [6.45, 7) is 5.84. The normalized spacial score (nSPS) is 14.8. The van der Waals surface area contributed by atoms with E-state index in [-0.39, 0.29) is 23.7 Å². The Morgan fingerprint density at radius 3 is 2.71 bits per heavy atom. The summed E-state index contributed by atoms with van der Waals surface area (Å²) in [4.78, 5) is 23.3. The van der Waals surface area contributed by atoms with Gasteiger partial charge in [-0.05, 0) is 37.5 Å². The highest BCUT2D eigenvalue weighted by Gasteiger charge is 2.28. The fourth-order valence-electron chi connectivity index (χ4n) is 3.57. The fraction of sp³-hybridized carbons (Fsp3) is 0.429. The molecule has 1 aromatic heterocycles. The van der Waals surface area contributed by atoms with E-state index in [1.54, 1.807) is 13.3 Å². The monoisotopic (exact) mass is 387 g/mol. The van der Waals surface area contributed by atoms with Crippen LogP contribution in [0.4, 0.5) is 0 Å². The molecule has 2 heterocycles. The molecule has 150 valence electrons. The molecule has 0 bridgehead atoms. The minimum Gasteiger partial charge on any atom is -0.493 e. The third-order valence-electron chi connectivity index (χ3n) is 4.90. The van der Waals surface area contributed by atoms with E-state index in [9.17, 15) is 9.59 Å². The maximum Gasteiger partial charge on any atom is 0.298 e. The van der Waals surface area contributed by atoms with Gasteiger partial charge in [-0.25, -0.2) is 0 Å². The third-order valence-corrected chi connectivity index (χ3v) is 4.90. The summed E-state index contributed by atoms with van der Waals surface area (Å²) < 4.78 is 23.8. The number of benzene rings is 1. The first-order chi connectivity index (χ1) is 13.6. The van der Waals surface area contributed by atoms with Gasteiger partial charge in [0.25, 0.3) is 6.47 Å². The number of fused-ring (bicyclic) bond motifs is 3. The molecule has 0 amide bonds. The van der Waals surface area contributed by atoms with Gasteiger partial charge in [0.1, 0.15) is 6.61 Å². The van der Waals surface area contributed by atoms with Crippen LogP contribution in [0.2, 0.25) is 0 Å². The molecule has 1 aliphatic heterocycles. The quantitative estimate of drug-likeness (QED) is 0.486. The number of ether oxygens (including phenoxy) is 4. The van der Waals surface area contributed by atoms with E-state index in [4.69, 9.17) is 18.9 Å². The van der Waals surface area contributed by atoms with Crippen LogP contribution in [0.5, 0.6) is 17.2 Å². The van der Waals surface area contributed by atoms with Crippen LogP contribution in [0.1, 0.15) is 31.9 Å². The van der Waals surface area contributed by atoms with Crippen LogP contribution in [0.3, 0.4) is 0 Å². The molecule has 7 heteroatoms. The second-order valence-corrected chi connectivity index (χ2v) is 6.45. The van der Waals surface area contributed by atoms with Gasteiger partial charge in [0, 0.05) is 30.5 Å². The zero-order valence-corrected chi connectivity index (χ0v) is 16.4. The van der Waals surface area contributed by atoms with E-state index >= 15 is 0 Å². The summed E-state index contributed by atoms with van der Waals surface area (Å²) in [5.41, 5.74) is 2.07. The molecule has 0 spiro atoms.